The molecule has 0 atom stereocenters. The standard InChI is InChI=1S/C22H24N2O3S/c1-3-26-14-17-7-5-6-8-20(17)24-21(25)13-18-15-28-22(23-18)16-9-11-19(12-10-16)27-4-2/h5-12,15H,3-4,13-14H2,1-2H3,(H,24,25). The van der Waals surface area contributed by atoms with Gasteiger partial charge in [-0.05, 0) is 44.2 Å². The van der Waals surface area contributed by atoms with Gasteiger partial charge in [0.1, 0.15) is 10.8 Å². The zero-order valence-corrected chi connectivity index (χ0v) is 16.9. The largest absolute Gasteiger partial charge is 0.494 e. The van der Waals surface area contributed by atoms with Crippen LogP contribution in [0.5, 0.6) is 5.75 Å². The number of aromatic nitrogens is 1. The molecule has 1 heterocycles. The number of hydrogen-bond donors (Lipinski definition) is 1. The number of carbonyl (C=O) groups excluding carboxylic acids is 1. The summed E-state index contributed by atoms with van der Waals surface area (Å²) in [5.74, 6) is 0.751. The minimum atomic E-state index is -0.0903. The maximum Gasteiger partial charge on any atom is 0.230 e. The van der Waals surface area contributed by atoms with Gasteiger partial charge in [-0.15, -0.1) is 11.3 Å². The highest BCUT2D eigenvalue weighted by Crippen LogP contribution is 2.26. The van der Waals surface area contributed by atoms with E-state index in [1.54, 1.807) is 0 Å². The van der Waals surface area contributed by atoms with Crippen LogP contribution in [0.2, 0.25) is 0 Å². The van der Waals surface area contributed by atoms with Crippen molar-refractivity contribution in [3.05, 3.63) is 65.2 Å². The number of rotatable bonds is 9. The fourth-order valence-corrected chi connectivity index (χ4v) is 3.55. The van der Waals surface area contributed by atoms with Crippen molar-refractivity contribution < 1.29 is 14.3 Å². The lowest BCUT2D eigenvalue weighted by atomic mass is 10.2. The number of thiazole rings is 1. The van der Waals surface area contributed by atoms with E-state index in [1.807, 2.05) is 67.8 Å². The molecule has 5 nitrogen and oxygen atoms in total. The Balaban J connectivity index is 1.63. The summed E-state index contributed by atoms with van der Waals surface area (Å²) in [5, 5.41) is 5.79. The summed E-state index contributed by atoms with van der Waals surface area (Å²) in [6, 6.07) is 15.5. The fraction of sp³-hybridized carbons (Fsp3) is 0.273. The average molecular weight is 397 g/mol. The molecule has 28 heavy (non-hydrogen) atoms. The van der Waals surface area contributed by atoms with E-state index in [2.05, 4.69) is 10.3 Å². The third kappa shape index (κ3) is 5.41. The molecule has 0 bridgehead atoms. The van der Waals surface area contributed by atoms with E-state index < -0.39 is 0 Å². The summed E-state index contributed by atoms with van der Waals surface area (Å²) in [6.07, 6.45) is 0.233. The predicted octanol–water partition coefficient (Wildman–Crippen LogP) is 4.93. The van der Waals surface area contributed by atoms with Crippen LogP contribution in [-0.2, 0) is 22.6 Å². The Kier molecular flexibility index (Phi) is 7.17. The minimum Gasteiger partial charge on any atom is -0.494 e. The molecular weight excluding hydrogens is 372 g/mol. The topological polar surface area (TPSA) is 60.5 Å². The van der Waals surface area contributed by atoms with Crippen LogP contribution in [0.25, 0.3) is 10.6 Å². The van der Waals surface area contributed by atoms with E-state index in [0.29, 0.717) is 19.8 Å². The number of ether oxygens (including phenoxy) is 2. The van der Waals surface area contributed by atoms with E-state index in [4.69, 9.17) is 9.47 Å². The molecule has 6 heteroatoms. The Bertz CT molecular complexity index is 906. The molecule has 1 aromatic heterocycles. The van der Waals surface area contributed by atoms with Gasteiger partial charge in [0.2, 0.25) is 5.91 Å². The fourth-order valence-electron chi connectivity index (χ4n) is 2.72. The normalized spacial score (nSPS) is 10.6. The van der Waals surface area contributed by atoms with E-state index in [0.717, 1.165) is 33.3 Å². The quantitative estimate of drug-likeness (QED) is 0.557. The number of benzene rings is 2. The van der Waals surface area contributed by atoms with Crippen LogP contribution >= 0.6 is 11.3 Å². The molecule has 1 N–H and O–H groups in total. The van der Waals surface area contributed by atoms with Crippen molar-refractivity contribution in [1.29, 1.82) is 0 Å². The minimum absolute atomic E-state index is 0.0903. The van der Waals surface area contributed by atoms with Gasteiger partial charge in [-0.25, -0.2) is 4.98 Å². The Labute approximate surface area is 169 Å². The van der Waals surface area contributed by atoms with Crippen LogP contribution in [-0.4, -0.2) is 24.1 Å². The molecule has 0 aliphatic carbocycles. The summed E-state index contributed by atoms with van der Waals surface area (Å²) < 4.78 is 10.9. The summed E-state index contributed by atoms with van der Waals surface area (Å²) in [6.45, 7) is 5.66. The highest BCUT2D eigenvalue weighted by atomic mass is 32.1. The van der Waals surface area contributed by atoms with Gasteiger partial charge >= 0.3 is 0 Å². The molecule has 0 aliphatic heterocycles. The molecule has 0 aliphatic rings. The molecule has 3 rings (SSSR count). The summed E-state index contributed by atoms with van der Waals surface area (Å²) in [4.78, 5) is 17.1. The van der Waals surface area contributed by atoms with Gasteiger partial charge in [0.25, 0.3) is 0 Å². The average Bonchev–Trinajstić information content (AvgIpc) is 3.16. The van der Waals surface area contributed by atoms with Crippen molar-refractivity contribution in [2.45, 2.75) is 26.9 Å². The van der Waals surface area contributed by atoms with Crippen LogP contribution in [0, 0.1) is 0 Å². The first-order chi connectivity index (χ1) is 13.7. The van der Waals surface area contributed by atoms with Gasteiger partial charge in [0, 0.05) is 28.8 Å². The second-order valence-electron chi connectivity index (χ2n) is 6.12. The molecule has 0 saturated heterocycles. The third-order valence-corrected chi connectivity index (χ3v) is 5.00. The van der Waals surface area contributed by atoms with E-state index >= 15 is 0 Å². The second kappa shape index (κ2) is 10.0. The summed E-state index contributed by atoms with van der Waals surface area (Å²) in [5.41, 5.74) is 3.52. The van der Waals surface area contributed by atoms with Crippen molar-refractivity contribution in [2.24, 2.45) is 0 Å². The van der Waals surface area contributed by atoms with Gasteiger partial charge in [0.15, 0.2) is 0 Å². The first-order valence-electron chi connectivity index (χ1n) is 9.32. The van der Waals surface area contributed by atoms with Gasteiger partial charge in [-0.1, -0.05) is 18.2 Å². The van der Waals surface area contributed by atoms with Crippen molar-refractivity contribution in [3.63, 3.8) is 0 Å². The lowest BCUT2D eigenvalue weighted by Crippen LogP contribution is -2.16. The first kappa shape index (κ1) is 20.0. The van der Waals surface area contributed by atoms with Crippen LogP contribution in [0.4, 0.5) is 5.69 Å². The smallest absolute Gasteiger partial charge is 0.230 e. The van der Waals surface area contributed by atoms with Gasteiger partial charge in [-0.3, -0.25) is 4.79 Å². The molecule has 1 amide bonds. The molecule has 0 spiro atoms. The Morgan fingerprint density at radius 1 is 1.07 bits per heavy atom. The summed E-state index contributed by atoms with van der Waals surface area (Å²) in [7, 11) is 0. The Morgan fingerprint density at radius 2 is 1.86 bits per heavy atom. The summed E-state index contributed by atoms with van der Waals surface area (Å²) >= 11 is 1.53. The Morgan fingerprint density at radius 3 is 2.61 bits per heavy atom. The van der Waals surface area contributed by atoms with E-state index in [9.17, 15) is 4.79 Å². The van der Waals surface area contributed by atoms with E-state index in [1.165, 1.54) is 11.3 Å². The van der Waals surface area contributed by atoms with E-state index in [-0.39, 0.29) is 12.3 Å². The zero-order chi connectivity index (χ0) is 19.8. The Hall–Kier alpha value is -2.70. The van der Waals surface area contributed by atoms with Crippen LogP contribution < -0.4 is 10.1 Å². The van der Waals surface area contributed by atoms with Crippen molar-refractivity contribution >= 4 is 22.9 Å². The van der Waals surface area contributed by atoms with Crippen molar-refractivity contribution in [3.8, 4) is 16.3 Å². The molecule has 146 valence electrons. The van der Waals surface area contributed by atoms with Crippen LogP contribution in [0.15, 0.2) is 53.9 Å². The highest BCUT2D eigenvalue weighted by molar-refractivity contribution is 7.13. The van der Waals surface area contributed by atoms with Gasteiger partial charge < -0.3 is 14.8 Å². The number of anilines is 1. The highest BCUT2D eigenvalue weighted by Gasteiger charge is 2.11. The maximum atomic E-state index is 12.5. The molecular formula is C22H24N2O3S. The first-order valence-corrected chi connectivity index (χ1v) is 10.2. The molecule has 0 fully saturated rings. The SMILES string of the molecule is CCOCc1ccccc1NC(=O)Cc1csc(-c2ccc(OCC)cc2)n1. The van der Waals surface area contributed by atoms with Crippen molar-refractivity contribution in [2.75, 3.05) is 18.5 Å². The molecule has 0 radical (unpaired) electrons. The molecule has 2 aromatic carbocycles. The van der Waals surface area contributed by atoms with Gasteiger partial charge in [-0.2, -0.15) is 0 Å². The lowest BCUT2D eigenvalue weighted by molar-refractivity contribution is -0.115. The van der Waals surface area contributed by atoms with Crippen LogP contribution in [0.1, 0.15) is 25.1 Å². The number of para-hydroxylation sites is 1. The third-order valence-electron chi connectivity index (χ3n) is 4.06. The number of carbonyl (C=O) groups is 1. The van der Waals surface area contributed by atoms with Gasteiger partial charge in [0.05, 0.1) is 25.3 Å². The predicted molar refractivity (Wildman–Crippen MR) is 113 cm³/mol. The van der Waals surface area contributed by atoms with Crippen LogP contribution in [0.3, 0.4) is 0 Å². The zero-order valence-electron chi connectivity index (χ0n) is 16.1. The molecule has 0 saturated carbocycles. The number of amides is 1. The number of nitrogens with one attached hydrogen (secondary N) is 1. The maximum absolute atomic E-state index is 12.5. The monoisotopic (exact) mass is 396 g/mol. The number of hydrogen-bond acceptors (Lipinski definition) is 5. The van der Waals surface area contributed by atoms with Crippen molar-refractivity contribution in [1.82, 2.24) is 4.98 Å². The molecule has 0 unspecified atom stereocenters. The molecule has 3 aromatic rings. The number of nitrogens with zero attached hydrogens (tertiary/aromatic N) is 1. The second-order valence-corrected chi connectivity index (χ2v) is 6.98. The lowest BCUT2D eigenvalue weighted by Gasteiger charge is -2.10.